The van der Waals surface area contributed by atoms with Gasteiger partial charge in [0.2, 0.25) is 0 Å². The first kappa shape index (κ1) is 18.9. The molecule has 1 aliphatic rings. The zero-order chi connectivity index (χ0) is 19.2. The van der Waals surface area contributed by atoms with Gasteiger partial charge in [0.1, 0.15) is 6.33 Å². The molecule has 0 aliphatic heterocycles. The Balaban J connectivity index is 1.58. The number of anilines is 1. The Kier molecular flexibility index (Phi) is 6.05. The molecular weight excluding hydrogens is 346 g/mol. The molecule has 1 aromatic heterocycles. The summed E-state index contributed by atoms with van der Waals surface area (Å²) >= 11 is 0. The van der Waals surface area contributed by atoms with E-state index in [1.54, 1.807) is 24.5 Å². The number of carbonyl (C=O) groups excluding carboxylic acids is 2. The largest absolute Gasteiger partial charge is 0.465 e. The van der Waals surface area contributed by atoms with E-state index in [4.69, 9.17) is 4.74 Å². The third kappa shape index (κ3) is 4.64. The second kappa shape index (κ2) is 8.66. The van der Waals surface area contributed by atoms with Gasteiger partial charge in [-0.05, 0) is 43.5 Å². The minimum Gasteiger partial charge on any atom is -0.465 e. The van der Waals surface area contributed by atoms with Gasteiger partial charge in [-0.2, -0.15) is 0 Å². The maximum Gasteiger partial charge on any atom is 0.337 e. The lowest BCUT2D eigenvalue weighted by atomic mass is 9.95. The number of nitrogens with one attached hydrogen (secondary N) is 2. The summed E-state index contributed by atoms with van der Waals surface area (Å²) in [5.41, 5.74) is 1.86. The predicted molar refractivity (Wildman–Crippen MR) is 101 cm³/mol. The molecule has 2 N–H and O–H groups in total. The monoisotopic (exact) mass is 371 g/mol. The summed E-state index contributed by atoms with van der Waals surface area (Å²) in [7, 11) is 1.34. The van der Waals surface area contributed by atoms with E-state index in [0.717, 1.165) is 24.2 Å². The number of benzene rings is 1. The van der Waals surface area contributed by atoms with Gasteiger partial charge < -0.3 is 19.9 Å². The SMILES string of the molecule is COC(=O)c1ccc(NC(=O)NCc2nncn2C2CCCCC2)c(C)c1. The molecule has 1 heterocycles. The second-order valence-corrected chi connectivity index (χ2v) is 6.78. The number of nitrogens with zero attached hydrogens (tertiary/aromatic N) is 3. The zero-order valence-electron chi connectivity index (χ0n) is 15.7. The fourth-order valence-electron chi connectivity index (χ4n) is 3.43. The lowest BCUT2D eigenvalue weighted by Gasteiger charge is -2.24. The molecule has 0 radical (unpaired) electrons. The molecule has 1 fully saturated rings. The predicted octanol–water partition coefficient (Wildman–Crippen LogP) is 3.20. The molecule has 1 aromatic carbocycles. The van der Waals surface area contributed by atoms with E-state index in [-0.39, 0.29) is 6.03 Å². The van der Waals surface area contributed by atoms with Gasteiger partial charge >= 0.3 is 12.0 Å². The molecule has 3 rings (SSSR count). The summed E-state index contributed by atoms with van der Waals surface area (Å²) in [5, 5.41) is 13.8. The summed E-state index contributed by atoms with van der Waals surface area (Å²) in [6.45, 7) is 2.13. The Hall–Kier alpha value is -2.90. The number of carbonyl (C=O) groups is 2. The summed E-state index contributed by atoms with van der Waals surface area (Å²) in [6, 6.07) is 5.07. The van der Waals surface area contributed by atoms with Gasteiger partial charge in [0.25, 0.3) is 0 Å². The van der Waals surface area contributed by atoms with Gasteiger partial charge in [-0.15, -0.1) is 10.2 Å². The summed E-state index contributed by atoms with van der Waals surface area (Å²) < 4.78 is 6.78. The van der Waals surface area contributed by atoms with E-state index in [9.17, 15) is 9.59 Å². The summed E-state index contributed by atoms with van der Waals surface area (Å²) in [4.78, 5) is 23.8. The van der Waals surface area contributed by atoms with Crippen LogP contribution in [0.3, 0.4) is 0 Å². The number of rotatable bonds is 5. The van der Waals surface area contributed by atoms with Gasteiger partial charge in [-0.3, -0.25) is 0 Å². The van der Waals surface area contributed by atoms with Crippen LogP contribution in [-0.2, 0) is 11.3 Å². The van der Waals surface area contributed by atoms with Crippen LogP contribution in [-0.4, -0.2) is 33.9 Å². The molecule has 0 spiro atoms. The fourth-order valence-corrected chi connectivity index (χ4v) is 3.43. The van der Waals surface area contributed by atoms with E-state index in [2.05, 4.69) is 25.4 Å². The van der Waals surface area contributed by atoms with Crippen molar-refractivity contribution >= 4 is 17.7 Å². The van der Waals surface area contributed by atoms with Crippen molar-refractivity contribution in [3.05, 3.63) is 41.5 Å². The minimum atomic E-state index is -0.406. The number of aromatic nitrogens is 3. The van der Waals surface area contributed by atoms with Crippen molar-refractivity contribution in [1.29, 1.82) is 0 Å². The van der Waals surface area contributed by atoms with E-state index >= 15 is 0 Å². The number of aryl methyl sites for hydroxylation is 1. The van der Waals surface area contributed by atoms with Crippen molar-refractivity contribution in [1.82, 2.24) is 20.1 Å². The van der Waals surface area contributed by atoms with Crippen LogP contribution in [0.4, 0.5) is 10.5 Å². The number of amides is 2. The van der Waals surface area contributed by atoms with Crippen molar-refractivity contribution < 1.29 is 14.3 Å². The number of hydrogen-bond acceptors (Lipinski definition) is 5. The van der Waals surface area contributed by atoms with Crippen LogP contribution in [0.5, 0.6) is 0 Å². The van der Waals surface area contributed by atoms with Crippen molar-refractivity contribution in [2.24, 2.45) is 0 Å². The molecular formula is C19H25N5O3. The van der Waals surface area contributed by atoms with Crippen LogP contribution in [0, 0.1) is 6.92 Å². The molecule has 2 amide bonds. The molecule has 2 aromatic rings. The van der Waals surface area contributed by atoms with Crippen LogP contribution in [0.25, 0.3) is 0 Å². The van der Waals surface area contributed by atoms with Crippen LogP contribution in [0.15, 0.2) is 24.5 Å². The minimum absolute atomic E-state index is 0.307. The quantitative estimate of drug-likeness (QED) is 0.787. The molecule has 0 unspecified atom stereocenters. The van der Waals surface area contributed by atoms with E-state index < -0.39 is 5.97 Å². The van der Waals surface area contributed by atoms with Crippen molar-refractivity contribution in [3.63, 3.8) is 0 Å². The Morgan fingerprint density at radius 1 is 1.26 bits per heavy atom. The molecule has 144 valence electrons. The topological polar surface area (TPSA) is 98.1 Å². The summed E-state index contributed by atoms with van der Waals surface area (Å²) in [6.07, 6.45) is 7.73. The molecule has 0 bridgehead atoms. The first-order chi connectivity index (χ1) is 13.1. The normalized spacial score (nSPS) is 14.6. The average molecular weight is 371 g/mol. The maximum absolute atomic E-state index is 12.3. The van der Waals surface area contributed by atoms with E-state index in [0.29, 0.717) is 23.8 Å². The zero-order valence-corrected chi connectivity index (χ0v) is 15.7. The molecule has 1 aliphatic carbocycles. The van der Waals surface area contributed by atoms with Crippen molar-refractivity contribution in [2.45, 2.75) is 51.6 Å². The highest BCUT2D eigenvalue weighted by molar-refractivity contribution is 5.93. The Morgan fingerprint density at radius 2 is 2.04 bits per heavy atom. The Labute approximate surface area is 158 Å². The van der Waals surface area contributed by atoms with E-state index in [1.165, 1.54) is 26.4 Å². The highest BCUT2D eigenvalue weighted by atomic mass is 16.5. The standard InChI is InChI=1S/C19H25N5O3/c1-13-10-14(18(25)27-2)8-9-16(13)22-19(26)20-11-17-23-21-12-24(17)15-6-4-3-5-7-15/h8-10,12,15H,3-7,11H2,1-2H3,(H2,20,22,26). The summed E-state index contributed by atoms with van der Waals surface area (Å²) in [5.74, 6) is 0.353. The van der Waals surface area contributed by atoms with Crippen molar-refractivity contribution in [2.75, 3.05) is 12.4 Å². The third-order valence-electron chi connectivity index (χ3n) is 4.92. The third-order valence-corrected chi connectivity index (χ3v) is 4.92. The Bertz CT molecular complexity index is 811. The van der Waals surface area contributed by atoms with Crippen LogP contribution >= 0.6 is 0 Å². The average Bonchev–Trinajstić information content (AvgIpc) is 3.16. The lowest BCUT2D eigenvalue weighted by molar-refractivity contribution is 0.0600. The number of ether oxygens (including phenoxy) is 1. The highest BCUT2D eigenvalue weighted by Gasteiger charge is 2.18. The van der Waals surface area contributed by atoms with Gasteiger partial charge in [0, 0.05) is 11.7 Å². The molecule has 8 nitrogen and oxygen atoms in total. The first-order valence-electron chi connectivity index (χ1n) is 9.20. The lowest BCUT2D eigenvalue weighted by Crippen LogP contribution is -2.30. The molecule has 0 saturated heterocycles. The van der Waals surface area contributed by atoms with Gasteiger partial charge in [-0.1, -0.05) is 19.3 Å². The van der Waals surface area contributed by atoms with Crippen LogP contribution in [0.2, 0.25) is 0 Å². The second-order valence-electron chi connectivity index (χ2n) is 6.78. The van der Waals surface area contributed by atoms with Gasteiger partial charge in [0.05, 0.1) is 19.2 Å². The molecule has 27 heavy (non-hydrogen) atoms. The number of hydrogen-bond donors (Lipinski definition) is 2. The number of urea groups is 1. The van der Waals surface area contributed by atoms with Crippen LogP contribution in [0.1, 0.15) is 59.9 Å². The van der Waals surface area contributed by atoms with Gasteiger partial charge in [0.15, 0.2) is 5.82 Å². The fraction of sp³-hybridized carbons (Fsp3) is 0.474. The first-order valence-corrected chi connectivity index (χ1v) is 9.20. The molecule has 0 atom stereocenters. The van der Waals surface area contributed by atoms with Gasteiger partial charge in [-0.25, -0.2) is 9.59 Å². The van der Waals surface area contributed by atoms with Crippen LogP contribution < -0.4 is 10.6 Å². The molecule has 8 heteroatoms. The van der Waals surface area contributed by atoms with Crippen molar-refractivity contribution in [3.8, 4) is 0 Å². The Morgan fingerprint density at radius 3 is 2.74 bits per heavy atom. The number of methoxy groups -OCH3 is 1. The van der Waals surface area contributed by atoms with E-state index in [1.807, 2.05) is 6.92 Å². The highest BCUT2D eigenvalue weighted by Crippen LogP contribution is 2.28. The smallest absolute Gasteiger partial charge is 0.337 e. The molecule has 1 saturated carbocycles. The number of esters is 1. The maximum atomic E-state index is 12.3.